The van der Waals surface area contributed by atoms with E-state index in [2.05, 4.69) is 36.6 Å². The summed E-state index contributed by atoms with van der Waals surface area (Å²) in [6, 6.07) is 23.2. The van der Waals surface area contributed by atoms with Gasteiger partial charge in [0.25, 0.3) is 0 Å². The first-order chi connectivity index (χ1) is 17.2. The predicted molar refractivity (Wildman–Crippen MR) is 142 cm³/mol. The molecule has 2 atom stereocenters. The number of hydrogen-bond donors (Lipinski definition) is 2. The van der Waals surface area contributed by atoms with Crippen LogP contribution < -0.4 is 15.4 Å². The lowest BCUT2D eigenvalue weighted by atomic mass is 9.95. The number of carbonyl (C=O) groups excluding carboxylic acids is 3. The van der Waals surface area contributed by atoms with Crippen molar-refractivity contribution in [1.29, 1.82) is 0 Å². The third-order valence-electron chi connectivity index (χ3n) is 5.79. The molecule has 2 N–H and O–H groups in total. The Balaban J connectivity index is 1.72. The molecule has 3 rings (SSSR count). The zero-order chi connectivity index (χ0) is 26.1. The van der Waals surface area contributed by atoms with Crippen LogP contribution in [-0.2, 0) is 27.2 Å². The van der Waals surface area contributed by atoms with E-state index in [1.54, 1.807) is 24.3 Å². The van der Waals surface area contributed by atoms with Gasteiger partial charge >= 0.3 is 5.97 Å². The second-order valence-corrected chi connectivity index (χ2v) is 9.44. The van der Waals surface area contributed by atoms with Gasteiger partial charge in [-0.25, -0.2) is 4.79 Å². The van der Waals surface area contributed by atoms with Crippen molar-refractivity contribution in [2.75, 3.05) is 5.32 Å². The van der Waals surface area contributed by atoms with Gasteiger partial charge in [0.15, 0.2) is 0 Å². The molecular formula is C30H34N2O4. The molecule has 0 aromatic heterocycles. The Hall–Kier alpha value is -3.93. The average Bonchev–Trinajstić information content (AvgIpc) is 2.84. The maximum Gasteiger partial charge on any atom is 0.334 e. The Morgan fingerprint density at radius 1 is 0.778 bits per heavy atom. The molecule has 2 amide bonds. The Labute approximate surface area is 213 Å². The molecule has 3 aromatic carbocycles. The van der Waals surface area contributed by atoms with E-state index in [0.717, 1.165) is 17.5 Å². The monoisotopic (exact) mass is 486 g/mol. The summed E-state index contributed by atoms with van der Waals surface area (Å²) >= 11 is 0. The van der Waals surface area contributed by atoms with E-state index >= 15 is 0 Å². The zero-order valence-electron chi connectivity index (χ0n) is 21.3. The van der Waals surface area contributed by atoms with Crippen LogP contribution in [0.3, 0.4) is 0 Å². The van der Waals surface area contributed by atoms with E-state index in [1.807, 2.05) is 49.4 Å². The molecule has 36 heavy (non-hydrogen) atoms. The highest BCUT2D eigenvalue weighted by Gasteiger charge is 2.26. The molecule has 0 radical (unpaired) electrons. The molecule has 3 aromatic rings. The number of esters is 1. The summed E-state index contributed by atoms with van der Waals surface area (Å²) < 4.78 is 5.58. The van der Waals surface area contributed by atoms with Crippen LogP contribution in [0.2, 0.25) is 0 Å². The zero-order valence-corrected chi connectivity index (χ0v) is 21.3. The Kier molecular flexibility index (Phi) is 9.39. The van der Waals surface area contributed by atoms with Gasteiger partial charge in [-0.3, -0.25) is 9.59 Å². The smallest absolute Gasteiger partial charge is 0.334 e. The van der Waals surface area contributed by atoms with Crippen molar-refractivity contribution in [2.45, 2.75) is 52.5 Å². The van der Waals surface area contributed by atoms with Crippen LogP contribution in [-0.4, -0.2) is 23.8 Å². The summed E-state index contributed by atoms with van der Waals surface area (Å²) in [7, 11) is 0. The van der Waals surface area contributed by atoms with Gasteiger partial charge in [0, 0.05) is 19.0 Å². The van der Waals surface area contributed by atoms with Gasteiger partial charge in [-0.05, 0) is 60.2 Å². The fourth-order valence-electron chi connectivity index (χ4n) is 3.90. The van der Waals surface area contributed by atoms with Crippen LogP contribution in [0.15, 0.2) is 78.9 Å². The third kappa shape index (κ3) is 8.08. The van der Waals surface area contributed by atoms with Crippen LogP contribution in [0.5, 0.6) is 5.75 Å². The molecule has 0 heterocycles. The van der Waals surface area contributed by atoms with E-state index in [4.69, 9.17) is 4.74 Å². The minimum Gasteiger partial charge on any atom is -0.425 e. The number of ether oxygens (including phenoxy) is 1. The molecule has 6 nitrogen and oxygen atoms in total. The SMILES string of the molecule is CC(=O)Nc1ccc(OC(=O)[C@H](Cc2ccccc2)NC(=O)[C@@H](C)c2ccc(CC(C)C)cc2)cc1. The minimum absolute atomic E-state index is 0.186. The van der Waals surface area contributed by atoms with Crippen molar-refractivity contribution in [3.8, 4) is 5.75 Å². The highest BCUT2D eigenvalue weighted by Crippen LogP contribution is 2.20. The maximum atomic E-state index is 13.2. The number of benzene rings is 3. The number of carbonyl (C=O) groups is 3. The van der Waals surface area contributed by atoms with Gasteiger partial charge in [0.1, 0.15) is 11.8 Å². The number of amides is 2. The lowest BCUT2D eigenvalue weighted by molar-refractivity contribution is -0.139. The molecule has 0 aliphatic heterocycles. The van der Waals surface area contributed by atoms with Crippen molar-refractivity contribution in [2.24, 2.45) is 5.92 Å². The number of rotatable bonds is 10. The predicted octanol–water partition coefficient (Wildman–Crippen LogP) is 5.28. The van der Waals surface area contributed by atoms with Crippen molar-refractivity contribution in [3.05, 3.63) is 95.6 Å². The molecule has 0 spiro atoms. The molecule has 0 aliphatic carbocycles. The first-order valence-electron chi connectivity index (χ1n) is 12.2. The quantitative estimate of drug-likeness (QED) is 0.302. The van der Waals surface area contributed by atoms with Crippen LogP contribution in [0, 0.1) is 5.92 Å². The topological polar surface area (TPSA) is 84.5 Å². The summed E-state index contributed by atoms with van der Waals surface area (Å²) in [5.74, 6) is -0.530. The first kappa shape index (κ1) is 26.7. The van der Waals surface area contributed by atoms with Gasteiger partial charge in [0.05, 0.1) is 5.92 Å². The lowest BCUT2D eigenvalue weighted by Gasteiger charge is -2.21. The van der Waals surface area contributed by atoms with Gasteiger partial charge in [-0.2, -0.15) is 0 Å². The van der Waals surface area contributed by atoms with Crippen LogP contribution >= 0.6 is 0 Å². The van der Waals surface area contributed by atoms with E-state index in [-0.39, 0.29) is 11.8 Å². The number of anilines is 1. The molecule has 0 unspecified atom stereocenters. The molecule has 0 saturated heterocycles. The fourth-order valence-corrected chi connectivity index (χ4v) is 3.90. The van der Waals surface area contributed by atoms with E-state index in [1.165, 1.54) is 12.5 Å². The summed E-state index contributed by atoms with van der Waals surface area (Å²) in [6.45, 7) is 7.60. The summed E-state index contributed by atoms with van der Waals surface area (Å²) in [5, 5.41) is 5.57. The van der Waals surface area contributed by atoms with Crippen molar-refractivity contribution in [3.63, 3.8) is 0 Å². The third-order valence-corrected chi connectivity index (χ3v) is 5.79. The first-order valence-corrected chi connectivity index (χ1v) is 12.2. The molecule has 0 fully saturated rings. The van der Waals surface area contributed by atoms with Gasteiger partial charge in [0.2, 0.25) is 11.8 Å². The van der Waals surface area contributed by atoms with E-state index in [9.17, 15) is 14.4 Å². The average molecular weight is 487 g/mol. The second kappa shape index (κ2) is 12.7. The minimum atomic E-state index is -0.863. The molecule has 188 valence electrons. The summed E-state index contributed by atoms with van der Waals surface area (Å²) in [5.41, 5.74) is 3.63. The molecule has 0 aliphatic rings. The van der Waals surface area contributed by atoms with Crippen LogP contribution in [0.25, 0.3) is 0 Å². The summed E-state index contributed by atoms with van der Waals surface area (Å²) in [6.07, 6.45) is 1.28. The van der Waals surface area contributed by atoms with Gasteiger partial charge in [-0.1, -0.05) is 68.4 Å². The van der Waals surface area contributed by atoms with E-state index in [0.29, 0.717) is 23.8 Å². The molecule has 0 saturated carbocycles. The molecule has 6 heteroatoms. The highest BCUT2D eigenvalue weighted by atomic mass is 16.5. The van der Waals surface area contributed by atoms with Crippen molar-refractivity contribution >= 4 is 23.5 Å². The standard InChI is InChI=1S/C30H34N2O4/c1-20(2)18-24-10-12-25(13-11-24)21(3)29(34)32-28(19-23-8-6-5-7-9-23)30(35)36-27-16-14-26(15-17-27)31-22(4)33/h5-17,20-21,28H,18-19H2,1-4H3,(H,31,33)(H,32,34)/t21-,28-/m0/s1. The second-order valence-electron chi connectivity index (χ2n) is 9.44. The highest BCUT2D eigenvalue weighted by molar-refractivity contribution is 5.90. The fraction of sp³-hybridized carbons (Fsp3) is 0.300. The van der Waals surface area contributed by atoms with Crippen LogP contribution in [0.1, 0.15) is 50.3 Å². The normalized spacial score (nSPS) is 12.5. The van der Waals surface area contributed by atoms with Gasteiger partial charge < -0.3 is 15.4 Å². The number of hydrogen-bond acceptors (Lipinski definition) is 4. The lowest BCUT2D eigenvalue weighted by Crippen LogP contribution is -2.46. The Morgan fingerprint density at radius 3 is 1.97 bits per heavy atom. The van der Waals surface area contributed by atoms with Gasteiger partial charge in [-0.15, -0.1) is 0 Å². The largest absolute Gasteiger partial charge is 0.425 e. The maximum absolute atomic E-state index is 13.2. The van der Waals surface area contributed by atoms with Crippen LogP contribution in [0.4, 0.5) is 5.69 Å². The molecule has 0 bridgehead atoms. The van der Waals surface area contributed by atoms with Crippen molar-refractivity contribution in [1.82, 2.24) is 5.32 Å². The van der Waals surface area contributed by atoms with Crippen molar-refractivity contribution < 1.29 is 19.1 Å². The summed E-state index contributed by atoms with van der Waals surface area (Å²) in [4.78, 5) is 37.5. The Morgan fingerprint density at radius 2 is 1.39 bits per heavy atom. The Bertz CT molecular complexity index is 1160. The van der Waals surface area contributed by atoms with E-state index < -0.39 is 17.9 Å². The molecular weight excluding hydrogens is 452 g/mol. The number of nitrogens with one attached hydrogen (secondary N) is 2.